The van der Waals surface area contributed by atoms with Crippen molar-refractivity contribution in [3.8, 4) is 0 Å². The Hall–Kier alpha value is -2.15. The number of benzene rings is 1. The van der Waals surface area contributed by atoms with E-state index in [1.165, 1.54) is 0 Å². The summed E-state index contributed by atoms with van der Waals surface area (Å²) >= 11 is 0. The maximum Gasteiger partial charge on any atom is 0.278 e. The Labute approximate surface area is 153 Å². The van der Waals surface area contributed by atoms with Crippen LogP contribution in [0, 0.1) is 0 Å². The summed E-state index contributed by atoms with van der Waals surface area (Å²) in [6.07, 6.45) is 2.73. The van der Waals surface area contributed by atoms with Crippen molar-refractivity contribution in [2.24, 2.45) is 0 Å². The molecule has 1 saturated carbocycles. The highest BCUT2D eigenvalue weighted by Gasteiger charge is 2.36. The molecule has 2 heterocycles. The minimum atomic E-state index is -3.00. The van der Waals surface area contributed by atoms with Crippen molar-refractivity contribution in [1.29, 1.82) is 0 Å². The van der Waals surface area contributed by atoms with Gasteiger partial charge in [-0.05, 0) is 44.4 Å². The second kappa shape index (κ2) is 6.54. The van der Waals surface area contributed by atoms with Gasteiger partial charge in [0, 0.05) is 23.8 Å². The second-order valence-electron chi connectivity index (χ2n) is 7.12. The predicted octanol–water partition coefficient (Wildman–Crippen LogP) is 2.79. The Balaban J connectivity index is 1.66. The first kappa shape index (κ1) is 17.3. The first-order valence-electron chi connectivity index (χ1n) is 9.15. The quantitative estimate of drug-likeness (QED) is 0.808. The van der Waals surface area contributed by atoms with Crippen LogP contribution in [-0.4, -0.2) is 42.2 Å². The van der Waals surface area contributed by atoms with Crippen molar-refractivity contribution in [1.82, 2.24) is 9.78 Å². The third kappa shape index (κ3) is 3.28. The van der Waals surface area contributed by atoms with Gasteiger partial charge < -0.3 is 4.90 Å². The van der Waals surface area contributed by atoms with Crippen LogP contribution in [-0.2, 0) is 9.84 Å². The van der Waals surface area contributed by atoms with Crippen LogP contribution in [0.15, 0.2) is 36.4 Å². The average Bonchev–Trinajstić information content (AvgIpc) is 3.27. The van der Waals surface area contributed by atoms with E-state index in [9.17, 15) is 13.2 Å². The number of sulfone groups is 1. The molecular weight excluding hydrogens is 350 g/mol. The summed E-state index contributed by atoms with van der Waals surface area (Å²) in [5.74, 6) is 0.591. The van der Waals surface area contributed by atoms with Crippen molar-refractivity contribution in [3.63, 3.8) is 0 Å². The molecule has 0 spiro atoms. The van der Waals surface area contributed by atoms with E-state index in [-0.39, 0.29) is 23.5 Å². The van der Waals surface area contributed by atoms with E-state index >= 15 is 0 Å². The molecule has 2 aromatic rings. The molecule has 0 N–H and O–H groups in total. The first-order chi connectivity index (χ1) is 12.5. The maximum atomic E-state index is 13.1. The SMILES string of the molecule is CCN(C(=O)c1cc(C2CC2)n(C2CCS(=O)(=O)C2)n1)c1ccccc1. The lowest BCUT2D eigenvalue weighted by Gasteiger charge is -2.19. The minimum Gasteiger partial charge on any atom is -0.307 e. The van der Waals surface area contributed by atoms with Gasteiger partial charge in [0.15, 0.2) is 15.5 Å². The molecule has 6 nitrogen and oxygen atoms in total. The zero-order valence-corrected chi connectivity index (χ0v) is 15.7. The zero-order chi connectivity index (χ0) is 18.3. The third-order valence-corrected chi connectivity index (χ3v) is 6.91. The number of carbonyl (C=O) groups excluding carboxylic acids is 1. The second-order valence-corrected chi connectivity index (χ2v) is 9.34. The number of rotatable bonds is 5. The molecule has 2 fully saturated rings. The molecule has 1 amide bonds. The van der Waals surface area contributed by atoms with Crippen LogP contribution < -0.4 is 4.90 Å². The molecule has 1 aliphatic heterocycles. The average molecular weight is 373 g/mol. The highest BCUT2D eigenvalue weighted by Crippen LogP contribution is 2.42. The van der Waals surface area contributed by atoms with Gasteiger partial charge in [0.1, 0.15) is 0 Å². The van der Waals surface area contributed by atoms with Gasteiger partial charge in [-0.2, -0.15) is 5.10 Å². The number of para-hydroxylation sites is 1. The standard InChI is InChI=1S/C19H23N3O3S/c1-2-21(15-6-4-3-5-7-15)19(23)17-12-18(14-8-9-14)22(20-17)16-10-11-26(24,25)13-16/h3-7,12,14,16H,2,8-11,13H2,1H3. The lowest BCUT2D eigenvalue weighted by atomic mass is 10.2. The highest BCUT2D eigenvalue weighted by atomic mass is 32.2. The van der Waals surface area contributed by atoms with Crippen LogP contribution in [0.25, 0.3) is 0 Å². The summed E-state index contributed by atoms with van der Waals surface area (Å²) in [5.41, 5.74) is 2.26. The van der Waals surface area contributed by atoms with Crippen LogP contribution in [0.5, 0.6) is 0 Å². The number of carbonyl (C=O) groups is 1. The summed E-state index contributed by atoms with van der Waals surface area (Å²) < 4.78 is 25.6. The molecule has 26 heavy (non-hydrogen) atoms. The van der Waals surface area contributed by atoms with Gasteiger partial charge in [-0.3, -0.25) is 9.48 Å². The van der Waals surface area contributed by atoms with E-state index in [2.05, 4.69) is 5.10 Å². The van der Waals surface area contributed by atoms with Crippen LogP contribution in [0.1, 0.15) is 54.3 Å². The van der Waals surface area contributed by atoms with E-state index in [0.29, 0.717) is 24.6 Å². The molecule has 1 aromatic heterocycles. The molecule has 1 aromatic carbocycles. The fourth-order valence-corrected chi connectivity index (χ4v) is 5.34. The molecule has 2 aliphatic rings. The Morgan fingerprint density at radius 3 is 2.54 bits per heavy atom. The predicted molar refractivity (Wildman–Crippen MR) is 100 cm³/mol. The number of hydrogen-bond donors (Lipinski definition) is 0. The van der Waals surface area contributed by atoms with Gasteiger partial charge in [-0.25, -0.2) is 8.42 Å². The molecule has 1 atom stereocenters. The van der Waals surface area contributed by atoms with Gasteiger partial charge in [0.25, 0.3) is 5.91 Å². The van der Waals surface area contributed by atoms with Crippen molar-refractivity contribution in [3.05, 3.63) is 47.8 Å². The molecule has 1 saturated heterocycles. The summed E-state index contributed by atoms with van der Waals surface area (Å²) in [4.78, 5) is 14.8. The molecule has 4 rings (SSSR count). The molecule has 0 radical (unpaired) electrons. The smallest absolute Gasteiger partial charge is 0.278 e. The largest absolute Gasteiger partial charge is 0.307 e. The number of anilines is 1. The lowest BCUT2D eigenvalue weighted by molar-refractivity contribution is 0.0982. The molecular formula is C19H23N3O3S. The summed E-state index contributed by atoms with van der Waals surface area (Å²) in [6.45, 7) is 2.49. The van der Waals surface area contributed by atoms with Crippen LogP contribution >= 0.6 is 0 Å². The van der Waals surface area contributed by atoms with E-state index in [1.54, 1.807) is 4.90 Å². The Morgan fingerprint density at radius 2 is 1.96 bits per heavy atom. The normalized spacial score (nSPS) is 21.7. The van der Waals surface area contributed by atoms with E-state index < -0.39 is 9.84 Å². The Morgan fingerprint density at radius 1 is 1.23 bits per heavy atom. The molecule has 7 heteroatoms. The van der Waals surface area contributed by atoms with Gasteiger partial charge in [-0.1, -0.05) is 18.2 Å². The van der Waals surface area contributed by atoms with Crippen molar-refractivity contribution >= 4 is 21.4 Å². The van der Waals surface area contributed by atoms with E-state index in [1.807, 2.05) is 48.0 Å². The van der Waals surface area contributed by atoms with Gasteiger partial charge >= 0.3 is 0 Å². The third-order valence-electron chi connectivity index (χ3n) is 5.16. The number of aromatic nitrogens is 2. The topological polar surface area (TPSA) is 72.3 Å². The summed E-state index contributed by atoms with van der Waals surface area (Å²) in [7, 11) is -3.00. The van der Waals surface area contributed by atoms with Crippen molar-refractivity contribution in [2.45, 2.75) is 38.1 Å². The van der Waals surface area contributed by atoms with Gasteiger partial charge in [0.2, 0.25) is 0 Å². The first-order valence-corrected chi connectivity index (χ1v) is 11.0. The molecule has 1 aliphatic carbocycles. The van der Waals surface area contributed by atoms with E-state index in [4.69, 9.17) is 0 Å². The molecule has 1 unspecified atom stereocenters. The van der Waals surface area contributed by atoms with Gasteiger partial charge in [0.05, 0.1) is 17.5 Å². The number of hydrogen-bond acceptors (Lipinski definition) is 4. The Kier molecular flexibility index (Phi) is 4.34. The zero-order valence-electron chi connectivity index (χ0n) is 14.8. The lowest BCUT2D eigenvalue weighted by Crippen LogP contribution is -2.31. The Bertz CT molecular complexity index is 917. The summed E-state index contributed by atoms with van der Waals surface area (Å²) in [5, 5.41) is 4.57. The summed E-state index contributed by atoms with van der Waals surface area (Å²) in [6, 6.07) is 11.3. The number of amides is 1. The van der Waals surface area contributed by atoms with Crippen molar-refractivity contribution in [2.75, 3.05) is 23.0 Å². The fourth-order valence-electron chi connectivity index (χ4n) is 3.65. The number of nitrogens with zero attached hydrogens (tertiary/aromatic N) is 3. The minimum absolute atomic E-state index is 0.123. The van der Waals surface area contributed by atoms with Crippen LogP contribution in [0.3, 0.4) is 0 Å². The van der Waals surface area contributed by atoms with E-state index in [0.717, 1.165) is 24.2 Å². The van der Waals surface area contributed by atoms with Gasteiger partial charge in [-0.15, -0.1) is 0 Å². The molecule has 0 bridgehead atoms. The van der Waals surface area contributed by atoms with Crippen molar-refractivity contribution < 1.29 is 13.2 Å². The molecule has 138 valence electrons. The maximum absolute atomic E-state index is 13.1. The monoisotopic (exact) mass is 373 g/mol. The van der Waals surface area contributed by atoms with Crippen LogP contribution in [0.4, 0.5) is 5.69 Å². The fraction of sp³-hybridized carbons (Fsp3) is 0.474. The van der Waals surface area contributed by atoms with Crippen LogP contribution in [0.2, 0.25) is 0 Å². The highest BCUT2D eigenvalue weighted by molar-refractivity contribution is 7.91.